The summed E-state index contributed by atoms with van der Waals surface area (Å²) in [7, 11) is 1.77. The largest absolute Gasteiger partial charge is 0.486 e. The second-order valence-electron chi connectivity index (χ2n) is 7.06. The molecule has 0 aromatic carbocycles. The summed E-state index contributed by atoms with van der Waals surface area (Å²) in [6.45, 7) is 1.85. The van der Waals surface area contributed by atoms with Crippen LogP contribution in [-0.2, 0) is 20.0 Å². The molecule has 1 aliphatic carbocycles. The summed E-state index contributed by atoms with van der Waals surface area (Å²) in [5.41, 5.74) is 0.798. The van der Waals surface area contributed by atoms with E-state index in [-0.39, 0.29) is 5.69 Å². The van der Waals surface area contributed by atoms with Crippen molar-refractivity contribution in [1.82, 2.24) is 25.1 Å². The monoisotopic (exact) mass is 359 g/mol. The molecule has 8 heteroatoms. The molecule has 1 fully saturated rings. The van der Waals surface area contributed by atoms with Gasteiger partial charge in [0.2, 0.25) is 0 Å². The molecule has 0 spiro atoms. The Kier molecular flexibility index (Phi) is 4.92. The highest BCUT2D eigenvalue weighted by atomic mass is 16.6. The van der Waals surface area contributed by atoms with Crippen molar-refractivity contribution in [2.45, 2.75) is 44.7 Å². The fraction of sp³-hybridized carbons (Fsp3) is 0.611. The van der Waals surface area contributed by atoms with E-state index in [1.54, 1.807) is 17.8 Å². The van der Waals surface area contributed by atoms with Gasteiger partial charge in [0.25, 0.3) is 0 Å². The Hall–Kier alpha value is -2.35. The smallest absolute Gasteiger partial charge is 0.343 e. The topological polar surface area (TPSA) is 94.1 Å². The molecule has 2 aliphatic rings. The Balaban J connectivity index is 1.40. The molecule has 3 heterocycles. The van der Waals surface area contributed by atoms with Crippen molar-refractivity contribution in [2.24, 2.45) is 13.0 Å². The van der Waals surface area contributed by atoms with Gasteiger partial charge in [-0.25, -0.2) is 9.89 Å². The molecule has 140 valence electrons. The van der Waals surface area contributed by atoms with Gasteiger partial charge in [0.1, 0.15) is 19.0 Å². The van der Waals surface area contributed by atoms with Crippen LogP contribution in [0, 0.1) is 5.92 Å². The normalized spacial score (nSPS) is 22.3. The highest BCUT2D eigenvalue weighted by Crippen LogP contribution is 2.30. The number of pyridine rings is 1. The van der Waals surface area contributed by atoms with Crippen molar-refractivity contribution >= 4 is 0 Å². The highest BCUT2D eigenvalue weighted by molar-refractivity contribution is 5.39. The molecule has 2 atom stereocenters. The minimum atomic E-state index is -0.152. The number of ether oxygens (including phenoxy) is 2. The van der Waals surface area contributed by atoms with E-state index in [4.69, 9.17) is 9.47 Å². The van der Waals surface area contributed by atoms with Crippen molar-refractivity contribution in [3.05, 3.63) is 34.3 Å². The highest BCUT2D eigenvalue weighted by Gasteiger charge is 2.26. The maximum Gasteiger partial charge on any atom is 0.343 e. The van der Waals surface area contributed by atoms with Gasteiger partial charge in [0.15, 0.2) is 11.5 Å². The van der Waals surface area contributed by atoms with Crippen LogP contribution >= 0.6 is 0 Å². The lowest BCUT2D eigenvalue weighted by atomic mass is 9.82. The number of aromatic amines is 1. The molecule has 0 amide bonds. The summed E-state index contributed by atoms with van der Waals surface area (Å²) >= 11 is 0. The summed E-state index contributed by atoms with van der Waals surface area (Å²) in [5, 5.41) is 10.4. The second-order valence-corrected chi connectivity index (χ2v) is 7.06. The van der Waals surface area contributed by atoms with Gasteiger partial charge in [-0.15, -0.1) is 0 Å². The van der Waals surface area contributed by atoms with Crippen LogP contribution in [0.25, 0.3) is 0 Å². The summed E-state index contributed by atoms with van der Waals surface area (Å²) in [6, 6.07) is 2.35. The predicted octanol–water partition coefficient (Wildman–Crippen LogP) is 1.17. The van der Waals surface area contributed by atoms with Crippen LogP contribution in [0.5, 0.6) is 11.5 Å². The molecule has 2 aromatic rings. The Labute approximate surface area is 151 Å². The first kappa shape index (κ1) is 17.1. The molecule has 0 radical (unpaired) electrons. The van der Waals surface area contributed by atoms with Crippen LogP contribution < -0.4 is 20.5 Å². The average Bonchev–Trinajstić information content (AvgIpc) is 2.99. The van der Waals surface area contributed by atoms with Gasteiger partial charge in [0, 0.05) is 32.1 Å². The minimum absolute atomic E-state index is 0.152. The first-order valence-corrected chi connectivity index (χ1v) is 9.29. The van der Waals surface area contributed by atoms with E-state index in [0.29, 0.717) is 31.7 Å². The predicted molar refractivity (Wildman–Crippen MR) is 95.3 cm³/mol. The zero-order chi connectivity index (χ0) is 17.9. The van der Waals surface area contributed by atoms with Crippen LogP contribution in [0.2, 0.25) is 0 Å². The van der Waals surface area contributed by atoms with Gasteiger partial charge in [-0.2, -0.15) is 5.10 Å². The number of H-pyrrole nitrogens is 1. The zero-order valence-electron chi connectivity index (χ0n) is 15.0. The first-order chi connectivity index (χ1) is 12.7. The minimum Gasteiger partial charge on any atom is -0.486 e. The van der Waals surface area contributed by atoms with Crippen molar-refractivity contribution in [1.29, 1.82) is 0 Å². The third kappa shape index (κ3) is 3.60. The van der Waals surface area contributed by atoms with Crippen LogP contribution in [0.4, 0.5) is 0 Å². The van der Waals surface area contributed by atoms with Gasteiger partial charge in [-0.3, -0.25) is 9.55 Å². The molecule has 2 aromatic heterocycles. The third-order valence-corrected chi connectivity index (χ3v) is 5.36. The molecule has 0 bridgehead atoms. The van der Waals surface area contributed by atoms with Crippen molar-refractivity contribution in [2.75, 3.05) is 13.2 Å². The van der Waals surface area contributed by atoms with Crippen LogP contribution in [0.1, 0.15) is 37.2 Å². The number of aromatic nitrogens is 4. The average molecular weight is 359 g/mol. The van der Waals surface area contributed by atoms with Crippen molar-refractivity contribution < 1.29 is 9.47 Å². The summed E-state index contributed by atoms with van der Waals surface area (Å²) in [6.07, 6.45) is 7.28. The molecule has 2 N–H and O–H groups in total. The van der Waals surface area contributed by atoms with Gasteiger partial charge in [-0.05, 0) is 18.8 Å². The lowest BCUT2D eigenvalue weighted by Crippen LogP contribution is -2.39. The van der Waals surface area contributed by atoms with Gasteiger partial charge < -0.3 is 14.8 Å². The molecular formula is C18H25N5O3. The van der Waals surface area contributed by atoms with E-state index in [1.165, 1.54) is 12.8 Å². The van der Waals surface area contributed by atoms with E-state index in [0.717, 1.165) is 42.3 Å². The number of nitrogens with one attached hydrogen (secondary N) is 2. The number of nitrogens with zero attached hydrogens (tertiary/aromatic N) is 3. The van der Waals surface area contributed by atoms with Crippen LogP contribution in [0.3, 0.4) is 0 Å². The third-order valence-electron chi connectivity index (χ3n) is 5.36. The van der Waals surface area contributed by atoms with Crippen molar-refractivity contribution in [3.8, 4) is 11.5 Å². The summed E-state index contributed by atoms with van der Waals surface area (Å²) in [4.78, 5) is 16.1. The molecular weight excluding hydrogens is 334 g/mol. The van der Waals surface area contributed by atoms with Crippen LogP contribution in [-0.4, -0.2) is 39.0 Å². The summed E-state index contributed by atoms with van der Waals surface area (Å²) < 4.78 is 12.8. The number of fused-ring (bicyclic) bond motifs is 1. The Morgan fingerprint density at radius 2 is 2.08 bits per heavy atom. The molecule has 26 heavy (non-hydrogen) atoms. The van der Waals surface area contributed by atoms with E-state index in [1.807, 2.05) is 6.07 Å². The molecule has 8 nitrogen and oxygen atoms in total. The van der Waals surface area contributed by atoms with Gasteiger partial charge in [-0.1, -0.05) is 12.8 Å². The molecule has 1 aliphatic heterocycles. The number of hydrogen-bond donors (Lipinski definition) is 2. The van der Waals surface area contributed by atoms with Crippen LogP contribution in [0.15, 0.2) is 17.1 Å². The first-order valence-electron chi connectivity index (χ1n) is 9.29. The van der Waals surface area contributed by atoms with Crippen molar-refractivity contribution in [3.63, 3.8) is 0 Å². The zero-order valence-corrected chi connectivity index (χ0v) is 15.0. The lowest BCUT2D eigenvalue weighted by molar-refractivity contribution is 0.170. The Morgan fingerprint density at radius 1 is 1.27 bits per heavy atom. The van der Waals surface area contributed by atoms with E-state index < -0.39 is 0 Å². The maximum atomic E-state index is 11.6. The van der Waals surface area contributed by atoms with Gasteiger partial charge >= 0.3 is 5.69 Å². The molecule has 0 unspecified atom stereocenters. The molecule has 0 saturated heterocycles. The molecule has 4 rings (SSSR count). The number of hydrogen-bond acceptors (Lipinski definition) is 6. The van der Waals surface area contributed by atoms with E-state index in [9.17, 15) is 4.79 Å². The standard InChI is InChI=1S/C18H25N5O3/c1-23-17(21-22-18(23)24)8-12-4-2-3-5-14(12)20-10-13-9-15-16(11-19-13)26-7-6-25-15/h9,11-12,14,20H,2-8,10H2,1H3,(H,22,24)/t12-,14-/m1/s1. The fourth-order valence-corrected chi connectivity index (χ4v) is 3.84. The van der Waals surface area contributed by atoms with E-state index in [2.05, 4.69) is 20.5 Å². The van der Waals surface area contributed by atoms with Gasteiger partial charge in [0.05, 0.1) is 11.9 Å². The summed E-state index contributed by atoms with van der Waals surface area (Å²) in [5.74, 6) is 2.78. The maximum absolute atomic E-state index is 11.6. The lowest BCUT2D eigenvalue weighted by Gasteiger charge is -2.32. The fourth-order valence-electron chi connectivity index (χ4n) is 3.84. The Morgan fingerprint density at radius 3 is 2.88 bits per heavy atom. The van der Waals surface area contributed by atoms with E-state index >= 15 is 0 Å². The quantitative estimate of drug-likeness (QED) is 0.832. The molecule has 1 saturated carbocycles. The number of rotatable bonds is 5. The SMILES string of the molecule is Cn1c(C[C@H]2CCCC[C@H]2NCc2cc3c(cn2)OCCO3)n[nH]c1=O. The Bertz CT molecular complexity index is 815. The second kappa shape index (κ2) is 7.49.